The van der Waals surface area contributed by atoms with Gasteiger partial charge in [-0.05, 0) is 79.5 Å². The summed E-state index contributed by atoms with van der Waals surface area (Å²) in [5, 5.41) is 10.5. The first-order valence-electron chi connectivity index (χ1n) is 17.2. The average Bonchev–Trinajstić information content (AvgIpc) is 3.62. The molecule has 0 spiro atoms. The van der Waals surface area contributed by atoms with Crippen molar-refractivity contribution in [3.05, 3.63) is 157 Å². The summed E-state index contributed by atoms with van der Waals surface area (Å²) in [6.07, 6.45) is 3.73. The van der Waals surface area contributed by atoms with E-state index in [4.69, 9.17) is 9.97 Å². The van der Waals surface area contributed by atoms with Crippen LogP contribution in [0.15, 0.2) is 146 Å². The largest absolute Gasteiger partial charge is 0.278 e. The lowest BCUT2D eigenvalue weighted by atomic mass is 9.82. The quantitative estimate of drug-likeness (QED) is 0.177. The molecule has 0 N–H and O–H groups in total. The molecule has 0 aliphatic heterocycles. The lowest BCUT2D eigenvalue weighted by Gasteiger charge is -2.21. The molecule has 1 aliphatic rings. The fourth-order valence-corrected chi connectivity index (χ4v) is 8.78. The highest BCUT2D eigenvalue weighted by Gasteiger charge is 2.36. The molecule has 11 rings (SSSR count). The molecule has 3 heterocycles. The number of rotatable bonds is 2. The fourth-order valence-electron chi connectivity index (χ4n) is 8.78. The number of pyridine rings is 1. The van der Waals surface area contributed by atoms with Gasteiger partial charge in [0.05, 0.1) is 22.2 Å². The first-order valence-corrected chi connectivity index (χ1v) is 17.2. The predicted molar refractivity (Wildman–Crippen MR) is 207 cm³/mol. The van der Waals surface area contributed by atoms with Crippen LogP contribution in [0.3, 0.4) is 0 Å². The Labute approximate surface area is 288 Å². The van der Waals surface area contributed by atoms with Crippen molar-refractivity contribution >= 4 is 65.0 Å². The van der Waals surface area contributed by atoms with E-state index in [1.54, 1.807) is 0 Å². The molecular weight excluding hydrogens is 609 g/mol. The Morgan fingerprint density at radius 3 is 2.08 bits per heavy atom. The summed E-state index contributed by atoms with van der Waals surface area (Å²) in [6.45, 7) is 4.69. The lowest BCUT2D eigenvalue weighted by Crippen LogP contribution is -2.14. The van der Waals surface area contributed by atoms with Gasteiger partial charge in [-0.2, -0.15) is 0 Å². The summed E-state index contributed by atoms with van der Waals surface area (Å²) >= 11 is 0. The summed E-state index contributed by atoms with van der Waals surface area (Å²) in [5.74, 6) is 0.648. The highest BCUT2D eigenvalue weighted by atomic mass is 15.2. The second kappa shape index (κ2) is 9.83. The van der Waals surface area contributed by atoms with E-state index in [-0.39, 0.29) is 5.41 Å². The third-order valence-electron chi connectivity index (χ3n) is 11.1. The van der Waals surface area contributed by atoms with E-state index >= 15 is 0 Å². The Kier molecular flexibility index (Phi) is 5.42. The number of fused-ring (bicyclic) bond motifs is 14. The molecule has 0 amide bonds. The number of hydrogen-bond acceptors (Lipinski definition) is 3. The summed E-state index contributed by atoms with van der Waals surface area (Å²) < 4.78 is 2.26. The molecule has 4 heteroatoms. The topological polar surface area (TPSA) is 43.6 Å². The van der Waals surface area contributed by atoms with Crippen molar-refractivity contribution in [2.75, 3.05) is 0 Å². The van der Waals surface area contributed by atoms with Crippen LogP contribution in [0.1, 0.15) is 25.0 Å². The van der Waals surface area contributed by atoms with Crippen LogP contribution in [-0.4, -0.2) is 19.5 Å². The maximum atomic E-state index is 5.50. The van der Waals surface area contributed by atoms with Crippen LogP contribution >= 0.6 is 0 Å². The molecule has 7 aromatic carbocycles. The Balaban J connectivity index is 1.29. The molecule has 0 unspecified atom stereocenters. The van der Waals surface area contributed by atoms with E-state index in [2.05, 4.69) is 151 Å². The smallest absolute Gasteiger partial charge is 0.235 e. The van der Waals surface area contributed by atoms with Gasteiger partial charge in [0.15, 0.2) is 0 Å². The second-order valence-electron chi connectivity index (χ2n) is 14.0. The van der Waals surface area contributed by atoms with E-state index in [9.17, 15) is 0 Å². The zero-order valence-corrected chi connectivity index (χ0v) is 27.6. The minimum absolute atomic E-state index is 0.0579. The number of benzene rings is 7. The molecule has 0 saturated carbocycles. The highest BCUT2D eigenvalue weighted by Crippen LogP contribution is 2.52. The normalized spacial score (nSPS) is 13.6. The van der Waals surface area contributed by atoms with Crippen LogP contribution in [0, 0.1) is 0 Å². The summed E-state index contributed by atoms with van der Waals surface area (Å²) in [6, 6.07) is 48.2. The highest BCUT2D eigenvalue weighted by molar-refractivity contribution is 6.27. The van der Waals surface area contributed by atoms with Gasteiger partial charge in [0, 0.05) is 44.9 Å². The van der Waals surface area contributed by atoms with E-state index in [1.165, 1.54) is 54.6 Å². The van der Waals surface area contributed by atoms with Crippen molar-refractivity contribution in [2.24, 2.45) is 0 Å². The van der Waals surface area contributed by atoms with Crippen molar-refractivity contribution in [1.29, 1.82) is 0 Å². The Hall–Kier alpha value is -6.39. The Morgan fingerprint density at radius 2 is 1.26 bits per heavy atom. The van der Waals surface area contributed by atoms with Gasteiger partial charge in [0.1, 0.15) is 0 Å². The zero-order chi connectivity index (χ0) is 33.1. The number of hydrogen-bond donors (Lipinski definition) is 0. The molecule has 0 radical (unpaired) electrons. The third-order valence-corrected chi connectivity index (χ3v) is 11.1. The van der Waals surface area contributed by atoms with Crippen LogP contribution in [0.2, 0.25) is 0 Å². The van der Waals surface area contributed by atoms with Gasteiger partial charge in [-0.1, -0.05) is 117 Å². The van der Waals surface area contributed by atoms with Crippen molar-refractivity contribution < 1.29 is 0 Å². The maximum absolute atomic E-state index is 5.50. The molecular formula is C46H30N4. The minimum Gasteiger partial charge on any atom is -0.278 e. The van der Waals surface area contributed by atoms with Crippen LogP contribution in [-0.2, 0) is 5.41 Å². The van der Waals surface area contributed by atoms with E-state index < -0.39 is 0 Å². The summed E-state index contributed by atoms with van der Waals surface area (Å²) in [5.41, 5.74) is 10.3. The third kappa shape index (κ3) is 3.57. The number of para-hydroxylation sites is 1. The molecule has 0 bridgehead atoms. The number of nitrogens with zero attached hydrogens (tertiary/aromatic N) is 4. The average molecular weight is 639 g/mol. The van der Waals surface area contributed by atoms with Gasteiger partial charge in [-0.3, -0.25) is 9.55 Å². The van der Waals surface area contributed by atoms with Crippen molar-refractivity contribution in [2.45, 2.75) is 19.3 Å². The van der Waals surface area contributed by atoms with Gasteiger partial charge >= 0.3 is 0 Å². The van der Waals surface area contributed by atoms with Gasteiger partial charge in [0.25, 0.3) is 0 Å². The minimum atomic E-state index is -0.0579. The maximum Gasteiger partial charge on any atom is 0.235 e. The van der Waals surface area contributed by atoms with Crippen molar-refractivity contribution in [3.63, 3.8) is 0 Å². The molecule has 0 atom stereocenters. The SMILES string of the molecule is CC1(C)c2ccccc2-c2c1ccc1cc3c(cc21)c1ccccc1n3-c1nc(-c2cccnc2)c2c3ccccc3c3ccccc3c2n1. The van der Waals surface area contributed by atoms with Crippen molar-refractivity contribution in [1.82, 2.24) is 19.5 Å². The summed E-state index contributed by atoms with van der Waals surface area (Å²) in [4.78, 5) is 15.5. The standard InChI is InChI=1S/C46H30N4/c1-46(2)37-19-9-7-18-34(37)41-35-25-36-31-15-8-10-20-39(31)50(40(36)24-27(35)21-22-38(41)46)45-48-43(28-12-11-23-47-26-28)42-32-16-5-3-13-29(32)30-14-4-6-17-33(30)44(42)49-45/h3-26H,1-2H3. The van der Waals surface area contributed by atoms with Gasteiger partial charge in [-0.15, -0.1) is 0 Å². The zero-order valence-electron chi connectivity index (χ0n) is 27.6. The van der Waals surface area contributed by atoms with Crippen LogP contribution < -0.4 is 0 Å². The molecule has 0 saturated heterocycles. The van der Waals surface area contributed by atoms with Gasteiger partial charge < -0.3 is 0 Å². The van der Waals surface area contributed by atoms with Gasteiger partial charge in [0.2, 0.25) is 5.95 Å². The Morgan fingerprint density at radius 1 is 0.540 bits per heavy atom. The monoisotopic (exact) mass is 638 g/mol. The molecule has 4 nitrogen and oxygen atoms in total. The Bertz CT molecular complexity index is 3060. The van der Waals surface area contributed by atoms with E-state index in [0.717, 1.165) is 44.0 Å². The van der Waals surface area contributed by atoms with Crippen LogP contribution in [0.5, 0.6) is 0 Å². The van der Waals surface area contributed by atoms with Crippen LogP contribution in [0.4, 0.5) is 0 Å². The van der Waals surface area contributed by atoms with Crippen molar-refractivity contribution in [3.8, 4) is 28.3 Å². The van der Waals surface area contributed by atoms with Gasteiger partial charge in [-0.25, -0.2) is 9.97 Å². The first-order chi connectivity index (χ1) is 24.6. The molecule has 0 fully saturated rings. The first kappa shape index (κ1) is 27.5. The predicted octanol–water partition coefficient (Wildman–Crippen LogP) is 11.6. The lowest BCUT2D eigenvalue weighted by molar-refractivity contribution is 0.661. The second-order valence-corrected chi connectivity index (χ2v) is 14.0. The molecule has 1 aliphatic carbocycles. The summed E-state index contributed by atoms with van der Waals surface area (Å²) in [7, 11) is 0. The molecule has 50 heavy (non-hydrogen) atoms. The molecule has 3 aromatic heterocycles. The number of aromatic nitrogens is 4. The molecule has 10 aromatic rings. The van der Waals surface area contributed by atoms with E-state index in [0.29, 0.717) is 5.95 Å². The van der Waals surface area contributed by atoms with E-state index in [1.807, 2.05) is 18.5 Å². The fraction of sp³-hybridized carbons (Fsp3) is 0.0652. The van der Waals surface area contributed by atoms with Crippen LogP contribution in [0.25, 0.3) is 93.4 Å². The molecule has 234 valence electrons.